The maximum Gasteiger partial charge on any atom is 0.245 e. The summed E-state index contributed by atoms with van der Waals surface area (Å²) in [6, 6.07) is 9.85. The summed E-state index contributed by atoms with van der Waals surface area (Å²) in [5.74, 6) is -12.8. The first-order valence-electron chi connectivity index (χ1n) is 33.9. The summed E-state index contributed by atoms with van der Waals surface area (Å²) in [6.07, 6.45) is -0.0956. The van der Waals surface area contributed by atoms with Crippen molar-refractivity contribution in [3.8, 4) is 0 Å². The Morgan fingerprint density at radius 3 is 2.00 bits per heavy atom. The van der Waals surface area contributed by atoms with Crippen molar-refractivity contribution in [1.29, 1.82) is 0 Å². The summed E-state index contributed by atoms with van der Waals surface area (Å²) in [7, 11) is 0. The fourth-order valence-corrected chi connectivity index (χ4v) is 12.5. The molecule has 13 amide bonds. The van der Waals surface area contributed by atoms with Gasteiger partial charge < -0.3 is 85.6 Å². The molecule has 0 saturated carbocycles. The lowest BCUT2D eigenvalue weighted by Crippen LogP contribution is -2.61. The number of nitrogens with zero attached hydrogens (tertiary/aromatic N) is 2. The number of guanidine groups is 1. The third kappa shape index (κ3) is 22.2. The predicted molar refractivity (Wildman–Crippen MR) is 370 cm³/mol. The Morgan fingerprint density at radius 2 is 1.29 bits per heavy atom. The molecule has 4 aromatic carbocycles. The minimum absolute atomic E-state index is 0.0145. The topological polar surface area (TPSA) is 464 Å². The molecule has 540 valence electrons. The van der Waals surface area contributed by atoms with Crippen LogP contribution in [0.3, 0.4) is 0 Å². The van der Waals surface area contributed by atoms with E-state index in [1.165, 1.54) is 24.0 Å². The second-order valence-corrected chi connectivity index (χ2v) is 26.1. The van der Waals surface area contributed by atoms with E-state index in [4.69, 9.17) is 17.2 Å². The highest BCUT2D eigenvalue weighted by molar-refractivity contribution is 6.01. The maximum atomic E-state index is 15.4. The summed E-state index contributed by atoms with van der Waals surface area (Å²) in [4.78, 5) is 196. The van der Waals surface area contributed by atoms with Gasteiger partial charge in [0.05, 0.1) is 6.42 Å². The average Bonchev–Trinajstić information content (AvgIpc) is 1.81. The van der Waals surface area contributed by atoms with Crippen LogP contribution in [0.5, 0.6) is 0 Å². The Hall–Kier alpha value is -11.0. The molecule has 101 heavy (non-hydrogen) atoms. The monoisotopic (exact) mass is 1400 g/mol. The van der Waals surface area contributed by atoms with Crippen LogP contribution in [0.2, 0.25) is 0 Å². The van der Waals surface area contributed by atoms with Crippen LogP contribution in [-0.2, 0) is 81.6 Å². The van der Waals surface area contributed by atoms with Gasteiger partial charge in [-0.25, -0.2) is 4.39 Å². The molecular formula is C70H90FN17O13. The van der Waals surface area contributed by atoms with Crippen molar-refractivity contribution in [2.75, 3.05) is 26.2 Å². The molecule has 0 spiro atoms. The zero-order valence-corrected chi connectivity index (χ0v) is 56.6. The van der Waals surface area contributed by atoms with E-state index in [-0.39, 0.29) is 95.7 Å². The zero-order chi connectivity index (χ0) is 72.9. The number of hydrogen-bond donors (Lipinski definition) is 15. The number of hydrogen-bond acceptors (Lipinski definition) is 14. The molecule has 4 saturated heterocycles. The van der Waals surface area contributed by atoms with E-state index >= 15 is 14.4 Å². The standard InChI is InChI=1S/C70H90FN17O13/c1-38(2)30-51-63(95)82-50-16-8-9-27-75-58(90)26-25-49(62(94)80-48(61(93)83-51)17-10-28-76-70(73)74)81-67(99)55(35-59(91)78-37-56(60(72)92)87-68(100)57-18-11-29-88(57)69(50)101)86-66(98)54(34-44-36-77-47-15-7-6-14-46(44)47)85-65(97)53(32-40-20-23-45(71)24-21-40)84-64(96)52(79-39(3)89)33-41-19-22-42-12-4-5-13-43(42)31-41/h4-7,12-15,19-24,31,36,38,48-57,77H,8-11,16-18,25-30,32-35,37H2,1-3H3,(H2,72,92)(H,75,90)(H,78,91)(H,79,89)(H,80,94)(H,81,99)(H,82,95)(H,83,93)(H,84,96)(H,85,97)(H,86,98)(H,87,100)(H4,73,74,76)/t48-,49-,50+,51-,52+,53-,54+,55-,56-,57-/m0/s1. The SMILES string of the molecule is CC(=O)N[C@H](Cc1ccc2ccccc2c1)C(=O)N[C@@H](Cc1ccc(F)cc1)C(=O)N[C@H](Cc1c[nH]c2ccccc12)C(=O)N[C@H]1CC(=O)NC[C@@H](C(N)=O)NC(=O)[C@@H]2CCCN2C(=O)[C@H]2CCCCNC(=O)CC[C@H](NC1=O)C(=O)N[C@@H](CCCN=C(N)N)C(=O)N[C@@H](CC(C)C)C(=O)N2. The third-order valence-corrected chi connectivity index (χ3v) is 17.8. The smallest absolute Gasteiger partial charge is 0.245 e. The molecule has 4 fully saturated rings. The highest BCUT2D eigenvalue weighted by atomic mass is 19.1. The molecule has 1 aromatic heterocycles. The third-order valence-electron chi connectivity index (χ3n) is 17.8. The quantitative estimate of drug-likeness (QED) is 0.0193. The Balaban J connectivity index is 1.18. The minimum Gasteiger partial charge on any atom is -0.370 e. The normalized spacial score (nSPS) is 21.8. The molecule has 2 bridgehead atoms. The summed E-state index contributed by atoms with van der Waals surface area (Å²) in [6.45, 7) is 4.18. The number of carbonyl (C=O) groups is 13. The summed E-state index contributed by atoms with van der Waals surface area (Å²) in [5.41, 5.74) is 19.1. The molecule has 0 aliphatic carbocycles. The Kier molecular flexibility index (Phi) is 27.1. The number of benzene rings is 4. The van der Waals surface area contributed by atoms with E-state index in [9.17, 15) is 52.3 Å². The number of H-pyrrole nitrogens is 1. The number of aromatic nitrogens is 1. The molecule has 9 rings (SSSR count). The Bertz CT molecular complexity index is 3900. The van der Waals surface area contributed by atoms with Crippen molar-refractivity contribution in [1.82, 2.24) is 68.4 Å². The van der Waals surface area contributed by atoms with E-state index in [1.54, 1.807) is 50.4 Å². The Morgan fingerprint density at radius 1 is 0.634 bits per heavy atom. The minimum atomic E-state index is -2.03. The van der Waals surface area contributed by atoms with Gasteiger partial charge in [0, 0.05) is 75.9 Å². The zero-order valence-electron chi connectivity index (χ0n) is 56.6. The number of aromatic amines is 1. The van der Waals surface area contributed by atoms with Gasteiger partial charge in [0.1, 0.15) is 66.2 Å². The second-order valence-electron chi connectivity index (χ2n) is 26.1. The lowest BCUT2D eigenvalue weighted by atomic mass is 9.99. The van der Waals surface area contributed by atoms with Crippen molar-refractivity contribution in [2.24, 2.45) is 28.1 Å². The number of nitrogens with one attached hydrogen (secondary N) is 12. The van der Waals surface area contributed by atoms with Crippen LogP contribution in [0, 0.1) is 11.7 Å². The van der Waals surface area contributed by atoms with E-state index < -0.39 is 169 Å². The largest absolute Gasteiger partial charge is 0.370 e. The van der Waals surface area contributed by atoms with Gasteiger partial charge in [-0.3, -0.25) is 67.3 Å². The number of primary amides is 1. The predicted octanol–water partition coefficient (Wildman–Crippen LogP) is -0.953. The van der Waals surface area contributed by atoms with E-state index in [2.05, 4.69) is 68.5 Å². The number of fused-ring (bicyclic) bond motifs is 25. The lowest BCUT2D eigenvalue weighted by Gasteiger charge is -2.31. The fourth-order valence-electron chi connectivity index (χ4n) is 12.5. The second kappa shape index (κ2) is 36.2. The molecule has 5 heterocycles. The van der Waals surface area contributed by atoms with Crippen molar-refractivity contribution >= 4 is 104 Å². The van der Waals surface area contributed by atoms with E-state index in [1.807, 2.05) is 36.4 Å². The summed E-state index contributed by atoms with van der Waals surface area (Å²) in [5, 5.41) is 31.6. The molecule has 30 nitrogen and oxygen atoms in total. The van der Waals surface area contributed by atoms with Crippen molar-refractivity contribution in [3.63, 3.8) is 0 Å². The van der Waals surface area contributed by atoms with Gasteiger partial charge in [0.25, 0.3) is 0 Å². The molecule has 5 aromatic rings. The van der Waals surface area contributed by atoms with Crippen LogP contribution in [-0.4, -0.2) is 179 Å². The number of nitrogens with two attached hydrogens (primary N) is 3. The van der Waals surface area contributed by atoms with Crippen molar-refractivity contribution in [3.05, 3.63) is 120 Å². The van der Waals surface area contributed by atoms with Gasteiger partial charge in [0.15, 0.2) is 5.96 Å². The molecule has 4 aliphatic heterocycles. The van der Waals surface area contributed by atoms with Gasteiger partial charge in [-0.2, -0.15) is 0 Å². The van der Waals surface area contributed by atoms with Gasteiger partial charge >= 0.3 is 0 Å². The lowest BCUT2D eigenvalue weighted by molar-refractivity contribution is -0.142. The van der Waals surface area contributed by atoms with Gasteiger partial charge in [-0.1, -0.05) is 86.6 Å². The molecule has 31 heteroatoms. The van der Waals surface area contributed by atoms with Crippen LogP contribution < -0.4 is 75.7 Å². The molecule has 10 atom stereocenters. The number of amides is 13. The van der Waals surface area contributed by atoms with Crippen molar-refractivity contribution in [2.45, 2.75) is 171 Å². The summed E-state index contributed by atoms with van der Waals surface area (Å²) < 4.78 is 14.4. The average molecular weight is 1400 g/mol. The first-order valence-corrected chi connectivity index (χ1v) is 33.9. The maximum absolute atomic E-state index is 15.4. The highest BCUT2D eigenvalue weighted by Gasteiger charge is 2.41. The van der Waals surface area contributed by atoms with Gasteiger partial charge in [-0.05, 0) is 109 Å². The van der Waals surface area contributed by atoms with Crippen LogP contribution in [0.15, 0.2) is 102 Å². The Labute approximate surface area is 582 Å². The van der Waals surface area contributed by atoms with E-state index in [0.717, 1.165) is 22.9 Å². The highest BCUT2D eigenvalue weighted by Crippen LogP contribution is 2.24. The number of carbonyl (C=O) groups excluding carboxylic acids is 13. The molecular weight excluding hydrogens is 1310 g/mol. The van der Waals surface area contributed by atoms with Crippen LogP contribution in [0.4, 0.5) is 4.39 Å². The van der Waals surface area contributed by atoms with Crippen LogP contribution in [0.25, 0.3) is 21.7 Å². The van der Waals surface area contributed by atoms with Gasteiger partial charge in [0.2, 0.25) is 76.8 Å². The van der Waals surface area contributed by atoms with Gasteiger partial charge in [-0.15, -0.1) is 0 Å². The van der Waals surface area contributed by atoms with Crippen molar-refractivity contribution < 1.29 is 66.7 Å². The number of rotatable bonds is 20. The molecule has 18 N–H and O–H groups in total. The van der Waals surface area contributed by atoms with Crippen LogP contribution >= 0.6 is 0 Å². The fraction of sp³-hybridized carbons (Fsp3) is 0.457. The summed E-state index contributed by atoms with van der Waals surface area (Å²) >= 11 is 0. The number of aliphatic imine (C=N–C) groups is 1. The number of halogens is 1. The number of para-hydroxylation sites is 1. The molecule has 0 unspecified atom stereocenters. The first kappa shape index (κ1) is 75.8. The van der Waals surface area contributed by atoms with E-state index in [0.29, 0.717) is 34.0 Å². The van der Waals surface area contributed by atoms with Crippen LogP contribution in [0.1, 0.15) is 108 Å². The first-order chi connectivity index (χ1) is 48.3. The molecule has 0 radical (unpaired) electrons. The molecule has 4 aliphatic rings.